The van der Waals surface area contributed by atoms with Crippen LogP contribution in [0.4, 0.5) is 5.82 Å². The van der Waals surface area contributed by atoms with Crippen molar-refractivity contribution in [2.24, 2.45) is 0 Å². The third-order valence-electron chi connectivity index (χ3n) is 2.38. The van der Waals surface area contributed by atoms with Crippen LogP contribution in [0.15, 0.2) is 12.1 Å². The number of anilines is 1. The molecule has 17 heavy (non-hydrogen) atoms. The molecule has 5 nitrogen and oxygen atoms in total. The lowest BCUT2D eigenvalue weighted by Gasteiger charge is -2.08. The van der Waals surface area contributed by atoms with Crippen LogP contribution in [-0.4, -0.2) is 36.3 Å². The molecule has 1 aromatic rings. The van der Waals surface area contributed by atoms with Crippen molar-refractivity contribution in [3.8, 4) is 0 Å². The van der Waals surface area contributed by atoms with E-state index in [4.69, 9.17) is 5.11 Å². The number of hydrogen-bond acceptors (Lipinski definition) is 5. The molecule has 94 valence electrons. The van der Waals surface area contributed by atoms with Crippen molar-refractivity contribution in [2.75, 3.05) is 25.6 Å². The van der Waals surface area contributed by atoms with Crippen LogP contribution in [0.1, 0.15) is 28.9 Å². The maximum absolute atomic E-state index is 11.3. The molecular formula is C12H18N2O3. The Kier molecular flexibility index (Phi) is 5.42. The summed E-state index contributed by atoms with van der Waals surface area (Å²) in [6, 6.07) is 3.45. The van der Waals surface area contributed by atoms with E-state index in [0.29, 0.717) is 11.3 Å². The molecule has 0 radical (unpaired) electrons. The quantitative estimate of drug-likeness (QED) is 0.578. The van der Waals surface area contributed by atoms with E-state index in [-0.39, 0.29) is 12.6 Å². The molecule has 2 N–H and O–H groups in total. The Hall–Kier alpha value is -1.62. The molecule has 0 spiro atoms. The van der Waals surface area contributed by atoms with E-state index in [1.54, 1.807) is 19.1 Å². The van der Waals surface area contributed by atoms with E-state index in [1.807, 2.05) is 0 Å². The first-order chi connectivity index (χ1) is 8.19. The number of hydrogen-bond donors (Lipinski definition) is 2. The lowest BCUT2D eigenvalue weighted by atomic mass is 10.2. The summed E-state index contributed by atoms with van der Waals surface area (Å²) in [6.45, 7) is 2.73. The summed E-state index contributed by atoms with van der Waals surface area (Å²) in [4.78, 5) is 15.6. The number of esters is 1. The average molecular weight is 238 g/mol. The van der Waals surface area contributed by atoms with Crippen molar-refractivity contribution in [3.63, 3.8) is 0 Å². The van der Waals surface area contributed by atoms with Crippen LogP contribution in [0, 0.1) is 6.92 Å². The number of methoxy groups -OCH3 is 1. The monoisotopic (exact) mass is 238 g/mol. The largest absolute Gasteiger partial charge is 0.465 e. The number of ether oxygens (including phenoxy) is 1. The SMILES string of the molecule is COC(=O)c1ccc(NCCCCO)nc1C. The van der Waals surface area contributed by atoms with E-state index in [1.165, 1.54) is 7.11 Å². The fraction of sp³-hybridized carbons (Fsp3) is 0.500. The van der Waals surface area contributed by atoms with Crippen LogP contribution in [0.3, 0.4) is 0 Å². The maximum Gasteiger partial charge on any atom is 0.339 e. The molecule has 0 aromatic carbocycles. The summed E-state index contributed by atoms with van der Waals surface area (Å²) in [5, 5.41) is 11.8. The van der Waals surface area contributed by atoms with Crippen molar-refractivity contribution in [3.05, 3.63) is 23.4 Å². The van der Waals surface area contributed by atoms with Gasteiger partial charge in [-0.3, -0.25) is 0 Å². The molecule has 5 heteroatoms. The minimum atomic E-state index is -0.373. The Labute approximate surface area is 101 Å². The molecule has 0 aliphatic rings. The van der Waals surface area contributed by atoms with Gasteiger partial charge in [0.05, 0.1) is 18.4 Å². The lowest BCUT2D eigenvalue weighted by Crippen LogP contribution is -2.08. The van der Waals surface area contributed by atoms with Gasteiger partial charge in [-0.1, -0.05) is 0 Å². The van der Waals surface area contributed by atoms with Crippen molar-refractivity contribution >= 4 is 11.8 Å². The minimum absolute atomic E-state index is 0.204. The van der Waals surface area contributed by atoms with Crippen LogP contribution >= 0.6 is 0 Å². The van der Waals surface area contributed by atoms with Crippen molar-refractivity contribution in [1.82, 2.24) is 4.98 Å². The Morgan fingerprint density at radius 2 is 2.24 bits per heavy atom. The molecule has 1 rings (SSSR count). The predicted octanol–water partition coefficient (Wildman–Crippen LogP) is 1.36. The summed E-state index contributed by atoms with van der Waals surface area (Å²) in [5.74, 6) is 0.356. The van der Waals surface area contributed by atoms with Gasteiger partial charge >= 0.3 is 5.97 Å². The van der Waals surface area contributed by atoms with Crippen LogP contribution in [0.2, 0.25) is 0 Å². The summed E-state index contributed by atoms with van der Waals surface area (Å²) in [6.07, 6.45) is 1.65. The molecule has 0 aliphatic heterocycles. The topological polar surface area (TPSA) is 71.5 Å². The molecule has 0 fully saturated rings. The number of carbonyl (C=O) groups excluding carboxylic acids is 1. The van der Waals surface area contributed by atoms with E-state index in [0.717, 1.165) is 25.2 Å². The lowest BCUT2D eigenvalue weighted by molar-refractivity contribution is 0.0599. The molecule has 0 saturated heterocycles. The van der Waals surface area contributed by atoms with Crippen LogP contribution in [0.5, 0.6) is 0 Å². The van der Waals surface area contributed by atoms with Crippen LogP contribution in [-0.2, 0) is 4.74 Å². The van der Waals surface area contributed by atoms with E-state index in [9.17, 15) is 4.79 Å². The number of aryl methyl sites for hydroxylation is 1. The smallest absolute Gasteiger partial charge is 0.339 e. The highest BCUT2D eigenvalue weighted by molar-refractivity contribution is 5.90. The Morgan fingerprint density at radius 3 is 2.82 bits per heavy atom. The normalized spacial score (nSPS) is 10.1. The standard InChI is InChI=1S/C12H18N2O3/c1-9-10(12(16)17-2)5-6-11(14-9)13-7-3-4-8-15/h5-6,15H,3-4,7-8H2,1-2H3,(H,13,14). The Bertz CT molecular complexity index is 380. The summed E-state index contributed by atoms with van der Waals surface area (Å²) < 4.78 is 4.64. The fourth-order valence-corrected chi connectivity index (χ4v) is 1.44. The molecular weight excluding hydrogens is 220 g/mol. The molecule has 0 amide bonds. The third kappa shape index (κ3) is 4.03. The number of rotatable bonds is 6. The first-order valence-corrected chi connectivity index (χ1v) is 5.59. The fourth-order valence-electron chi connectivity index (χ4n) is 1.44. The number of aliphatic hydroxyl groups excluding tert-OH is 1. The van der Waals surface area contributed by atoms with E-state index in [2.05, 4.69) is 15.0 Å². The number of nitrogens with one attached hydrogen (secondary N) is 1. The predicted molar refractivity (Wildman–Crippen MR) is 65.1 cm³/mol. The first kappa shape index (κ1) is 13.4. The van der Waals surface area contributed by atoms with Gasteiger partial charge in [0.1, 0.15) is 5.82 Å². The molecule has 0 saturated carbocycles. The van der Waals surface area contributed by atoms with Gasteiger partial charge in [-0.2, -0.15) is 0 Å². The van der Waals surface area contributed by atoms with Gasteiger partial charge in [-0.15, -0.1) is 0 Å². The second-order valence-corrected chi connectivity index (χ2v) is 3.68. The second-order valence-electron chi connectivity index (χ2n) is 3.68. The van der Waals surface area contributed by atoms with Crippen molar-refractivity contribution in [1.29, 1.82) is 0 Å². The second kappa shape index (κ2) is 6.85. The van der Waals surface area contributed by atoms with Gasteiger partial charge in [-0.25, -0.2) is 9.78 Å². The summed E-state index contributed by atoms with van der Waals surface area (Å²) >= 11 is 0. The maximum atomic E-state index is 11.3. The van der Waals surface area contributed by atoms with Gasteiger partial charge in [-0.05, 0) is 31.9 Å². The van der Waals surface area contributed by atoms with Gasteiger partial charge in [0, 0.05) is 13.2 Å². The zero-order valence-corrected chi connectivity index (χ0v) is 10.2. The zero-order valence-electron chi connectivity index (χ0n) is 10.2. The Morgan fingerprint density at radius 1 is 1.47 bits per heavy atom. The number of nitrogens with zero attached hydrogens (tertiary/aromatic N) is 1. The van der Waals surface area contributed by atoms with E-state index < -0.39 is 0 Å². The first-order valence-electron chi connectivity index (χ1n) is 5.59. The van der Waals surface area contributed by atoms with Crippen LogP contribution < -0.4 is 5.32 Å². The number of aliphatic hydroxyl groups is 1. The van der Waals surface area contributed by atoms with E-state index >= 15 is 0 Å². The molecule has 0 unspecified atom stereocenters. The highest BCUT2D eigenvalue weighted by atomic mass is 16.5. The molecule has 0 aliphatic carbocycles. The molecule has 0 bridgehead atoms. The molecule has 0 atom stereocenters. The third-order valence-corrected chi connectivity index (χ3v) is 2.38. The Balaban J connectivity index is 2.59. The number of pyridine rings is 1. The highest BCUT2D eigenvalue weighted by Crippen LogP contribution is 2.11. The highest BCUT2D eigenvalue weighted by Gasteiger charge is 2.10. The average Bonchev–Trinajstić information content (AvgIpc) is 2.34. The number of unbranched alkanes of at least 4 members (excludes halogenated alkanes) is 1. The number of aromatic nitrogens is 1. The number of carbonyl (C=O) groups is 1. The van der Waals surface area contributed by atoms with Crippen molar-refractivity contribution < 1.29 is 14.6 Å². The van der Waals surface area contributed by atoms with Gasteiger partial charge in [0.15, 0.2) is 0 Å². The molecule has 1 aromatic heterocycles. The summed E-state index contributed by atoms with van der Waals surface area (Å²) in [7, 11) is 1.35. The van der Waals surface area contributed by atoms with Gasteiger partial charge in [0.25, 0.3) is 0 Å². The van der Waals surface area contributed by atoms with Gasteiger partial charge < -0.3 is 15.2 Å². The van der Waals surface area contributed by atoms with Crippen LogP contribution in [0.25, 0.3) is 0 Å². The van der Waals surface area contributed by atoms with Crippen molar-refractivity contribution in [2.45, 2.75) is 19.8 Å². The zero-order chi connectivity index (χ0) is 12.7. The van der Waals surface area contributed by atoms with Gasteiger partial charge in [0.2, 0.25) is 0 Å². The minimum Gasteiger partial charge on any atom is -0.465 e. The summed E-state index contributed by atoms with van der Waals surface area (Å²) in [5.41, 5.74) is 1.12. The molecule has 1 heterocycles.